The Balaban J connectivity index is 1.63. The molecule has 6 heteroatoms. The summed E-state index contributed by atoms with van der Waals surface area (Å²) >= 11 is 1.42. The van der Waals surface area contributed by atoms with Gasteiger partial charge in [-0.2, -0.15) is 0 Å². The van der Waals surface area contributed by atoms with E-state index in [4.69, 9.17) is 9.47 Å². The quantitative estimate of drug-likeness (QED) is 0.612. The van der Waals surface area contributed by atoms with Crippen LogP contribution in [0.5, 0.6) is 11.5 Å². The van der Waals surface area contributed by atoms with Gasteiger partial charge in [0, 0.05) is 0 Å². The van der Waals surface area contributed by atoms with Gasteiger partial charge in [0.2, 0.25) is 0 Å². The van der Waals surface area contributed by atoms with Gasteiger partial charge < -0.3 is 9.47 Å². The number of aromatic nitrogens is 1. The summed E-state index contributed by atoms with van der Waals surface area (Å²) in [5.74, 6) is 1.64. The summed E-state index contributed by atoms with van der Waals surface area (Å²) in [5.41, 5.74) is 3.21. The van der Waals surface area contributed by atoms with Crippen molar-refractivity contribution in [3.63, 3.8) is 0 Å². The number of nitrogens with one attached hydrogen (secondary N) is 1. The minimum Gasteiger partial charge on any atom is -0.492 e. The van der Waals surface area contributed by atoms with Crippen molar-refractivity contribution in [2.75, 3.05) is 18.5 Å². The van der Waals surface area contributed by atoms with E-state index in [2.05, 4.69) is 37.1 Å². The lowest BCUT2D eigenvalue weighted by atomic mass is 9.98. The Morgan fingerprint density at radius 2 is 2.04 bits per heavy atom. The molecule has 0 aliphatic carbocycles. The first-order valence-corrected chi connectivity index (χ1v) is 9.85. The number of hydrogen-bond donors (Lipinski definition) is 1. The maximum absolute atomic E-state index is 12.2. The van der Waals surface area contributed by atoms with Gasteiger partial charge in [0.05, 0.1) is 11.3 Å². The number of fused-ring (bicyclic) bond motifs is 1. The van der Waals surface area contributed by atoms with Gasteiger partial charge in [-0.3, -0.25) is 10.1 Å². The van der Waals surface area contributed by atoms with Gasteiger partial charge in [-0.15, -0.1) is 0 Å². The minimum absolute atomic E-state index is 0.0608. The van der Waals surface area contributed by atoms with Crippen LogP contribution in [0, 0.1) is 6.92 Å². The predicted molar refractivity (Wildman–Crippen MR) is 110 cm³/mol. The van der Waals surface area contributed by atoms with E-state index in [0.717, 1.165) is 21.5 Å². The fraction of sp³-hybridized carbons (Fsp3) is 0.333. The van der Waals surface area contributed by atoms with Gasteiger partial charge in [0.1, 0.15) is 17.0 Å². The van der Waals surface area contributed by atoms with Crippen LogP contribution < -0.4 is 14.8 Å². The molecule has 0 fully saturated rings. The molecule has 3 rings (SSSR count). The standard InChI is InChI=1S/C21H24N2O3S/c1-5-25-17-7-6-8-18-20(17)23-21(27-18)22-19(24)12-26-15-9-10-16(13(2)3)14(4)11-15/h6-11,13H,5,12H2,1-4H3,(H,22,23,24). The lowest BCUT2D eigenvalue weighted by Crippen LogP contribution is -2.20. The molecule has 1 aromatic heterocycles. The highest BCUT2D eigenvalue weighted by atomic mass is 32.1. The largest absolute Gasteiger partial charge is 0.492 e. The van der Waals surface area contributed by atoms with Crippen molar-refractivity contribution in [3.8, 4) is 11.5 Å². The number of nitrogens with zero attached hydrogens (tertiary/aromatic N) is 1. The second-order valence-corrected chi connectivity index (χ2v) is 7.60. The predicted octanol–water partition coefficient (Wildman–Crippen LogP) is 5.14. The SMILES string of the molecule is CCOc1cccc2sc(NC(=O)COc3ccc(C(C)C)c(C)c3)nc12. The Morgan fingerprint density at radius 1 is 1.22 bits per heavy atom. The van der Waals surface area contributed by atoms with Gasteiger partial charge in [-0.1, -0.05) is 37.3 Å². The van der Waals surface area contributed by atoms with Crippen molar-refractivity contribution in [1.29, 1.82) is 0 Å². The number of para-hydroxylation sites is 1. The third kappa shape index (κ3) is 4.57. The molecule has 0 radical (unpaired) electrons. The van der Waals surface area contributed by atoms with E-state index in [1.165, 1.54) is 16.9 Å². The Morgan fingerprint density at radius 3 is 2.74 bits per heavy atom. The maximum atomic E-state index is 12.2. The molecule has 27 heavy (non-hydrogen) atoms. The van der Waals surface area contributed by atoms with E-state index in [-0.39, 0.29) is 12.5 Å². The molecule has 0 atom stereocenters. The molecule has 0 aliphatic heterocycles. The van der Waals surface area contributed by atoms with Gasteiger partial charge in [0.25, 0.3) is 5.91 Å². The topological polar surface area (TPSA) is 60.5 Å². The summed E-state index contributed by atoms with van der Waals surface area (Å²) in [5, 5.41) is 3.34. The van der Waals surface area contributed by atoms with E-state index in [0.29, 0.717) is 23.4 Å². The van der Waals surface area contributed by atoms with Crippen LogP contribution in [0.15, 0.2) is 36.4 Å². The molecule has 0 unspecified atom stereocenters. The molecule has 0 spiro atoms. The number of thiazole rings is 1. The van der Waals surface area contributed by atoms with E-state index >= 15 is 0 Å². The summed E-state index contributed by atoms with van der Waals surface area (Å²) in [4.78, 5) is 16.7. The van der Waals surface area contributed by atoms with Crippen molar-refractivity contribution in [2.45, 2.75) is 33.6 Å². The van der Waals surface area contributed by atoms with Crippen LogP contribution in [0.2, 0.25) is 0 Å². The number of aryl methyl sites for hydroxylation is 1. The average Bonchev–Trinajstić information content (AvgIpc) is 3.03. The highest BCUT2D eigenvalue weighted by Crippen LogP contribution is 2.32. The molecular formula is C21H24N2O3S. The Labute approximate surface area is 163 Å². The average molecular weight is 385 g/mol. The first kappa shape index (κ1) is 19.2. The molecular weight excluding hydrogens is 360 g/mol. The number of rotatable bonds is 7. The molecule has 0 saturated heterocycles. The first-order chi connectivity index (χ1) is 13.0. The van der Waals surface area contributed by atoms with Crippen LogP contribution in [-0.4, -0.2) is 24.1 Å². The van der Waals surface area contributed by atoms with Crippen LogP contribution in [-0.2, 0) is 4.79 Å². The monoisotopic (exact) mass is 384 g/mol. The summed E-state index contributed by atoms with van der Waals surface area (Å²) in [7, 11) is 0. The number of ether oxygens (including phenoxy) is 2. The van der Waals surface area contributed by atoms with Crippen LogP contribution in [0.25, 0.3) is 10.2 Å². The first-order valence-electron chi connectivity index (χ1n) is 9.03. The highest BCUT2D eigenvalue weighted by molar-refractivity contribution is 7.22. The van der Waals surface area contributed by atoms with Crippen LogP contribution in [0.3, 0.4) is 0 Å². The van der Waals surface area contributed by atoms with Crippen LogP contribution in [0.1, 0.15) is 37.8 Å². The van der Waals surface area contributed by atoms with E-state index < -0.39 is 0 Å². The number of anilines is 1. The molecule has 1 heterocycles. The molecule has 0 aliphatic rings. The van der Waals surface area contributed by atoms with E-state index in [9.17, 15) is 4.79 Å². The molecule has 0 saturated carbocycles. The number of carbonyl (C=O) groups is 1. The molecule has 1 N–H and O–H groups in total. The molecule has 142 valence electrons. The number of carbonyl (C=O) groups excluding carboxylic acids is 1. The number of benzene rings is 2. The number of amides is 1. The molecule has 0 bridgehead atoms. The summed E-state index contributed by atoms with van der Waals surface area (Å²) in [6.45, 7) is 8.81. The minimum atomic E-state index is -0.238. The lowest BCUT2D eigenvalue weighted by molar-refractivity contribution is -0.118. The zero-order valence-corrected chi connectivity index (χ0v) is 16.9. The second kappa shape index (κ2) is 8.39. The molecule has 2 aromatic carbocycles. The van der Waals surface area contributed by atoms with Crippen LogP contribution in [0.4, 0.5) is 5.13 Å². The smallest absolute Gasteiger partial charge is 0.264 e. The van der Waals surface area contributed by atoms with E-state index in [1.807, 2.05) is 37.3 Å². The van der Waals surface area contributed by atoms with Gasteiger partial charge in [-0.25, -0.2) is 4.98 Å². The molecule has 3 aromatic rings. The summed E-state index contributed by atoms with van der Waals surface area (Å²) in [6.07, 6.45) is 0. The Bertz CT molecular complexity index is 950. The van der Waals surface area contributed by atoms with E-state index in [1.54, 1.807) is 0 Å². The molecule has 5 nitrogen and oxygen atoms in total. The normalized spacial score (nSPS) is 11.0. The van der Waals surface area contributed by atoms with Crippen molar-refractivity contribution in [1.82, 2.24) is 4.98 Å². The Kier molecular flexibility index (Phi) is 5.96. The third-order valence-corrected chi connectivity index (χ3v) is 5.10. The van der Waals surface area contributed by atoms with Crippen LogP contribution >= 0.6 is 11.3 Å². The van der Waals surface area contributed by atoms with Gasteiger partial charge in [-0.05, 0) is 55.2 Å². The summed E-state index contributed by atoms with van der Waals surface area (Å²) in [6, 6.07) is 11.7. The third-order valence-electron chi connectivity index (χ3n) is 4.16. The lowest BCUT2D eigenvalue weighted by Gasteiger charge is -2.12. The van der Waals surface area contributed by atoms with Gasteiger partial charge >= 0.3 is 0 Å². The number of hydrogen-bond acceptors (Lipinski definition) is 5. The molecule has 1 amide bonds. The van der Waals surface area contributed by atoms with Gasteiger partial charge in [0.15, 0.2) is 11.7 Å². The fourth-order valence-electron chi connectivity index (χ4n) is 2.94. The zero-order chi connectivity index (χ0) is 19.4. The van der Waals surface area contributed by atoms with Crippen molar-refractivity contribution in [3.05, 3.63) is 47.5 Å². The van der Waals surface area contributed by atoms with Crippen molar-refractivity contribution in [2.24, 2.45) is 0 Å². The van der Waals surface area contributed by atoms with Crippen molar-refractivity contribution < 1.29 is 14.3 Å². The Hall–Kier alpha value is -2.60. The highest BCUT2D eigenvalue weighted by Gasteiger charge is 2.12. The fourth-order valence-corrected chi connectivity index (χ4v) is 3.84. The van der Waals surface area contributed by atoms with Crippen molar-refractivity contribution >= 4 is 32.6 Å². The zero-order valence-electron chi connectivity index (χ0n) is 16.0. The summed E-state index contributed by atoms with van der Waals surface area (Å²) < 4.78 is 12.2. The second-order valence-electron chi connectivity index (χ2n) is 6.56. The maximum Gasteiger partial charge on any atom is 0.264 e.